The lowest BCUT2D eigenvalue weighted by Crippen LogP contribution is -2.50. The number of carboxylic acids is 1. The van der Waals surface area contributed by atoms with Crippen LogP contribution >= 0.6 is 0 Å². The molecule has 20 heavy (non-hydrogen) atoms. The van der Waals surface area contributed by atoms with Gasteiger partial charge in [0, 0.05) is 25.8 Å². The Morgan fingerprint density at radius 3 is 2.60 bits per heavy atom. The van der Waals surface area contributed by atoms with Crippen molar-refractivity contribution in [1.82, 2.24) is 19.4 Å². The first-order valence-electron chi connectivity index (χ1n) is 5.77. The van der Waals surface area contributed by atoms with Gasteiger partial charge in [-0.1, -0.05) is 0 Å². The Morgan fingerprint density at radius 2 is 2.05 bits per heavy atom. The molecule has 1 aliphatic rings. The average molecular weight is 302 g/mol. The molecule has 2 N–H and O–H groups in total. The van der Waals surface area contributed by atoms with Gasteiger partial charge in [-0.25, -0.2) is 13.2 Å². The number of carbonyl (C=O) groups is 2. The summed E-state index contributed by atoms with van der Waals surface area (Å²) in [6.45, 7) is 1.47. The van der Waals surface area contributed by atoms with Crippen LogP contribution in [0.4, 0.5) is 0 Å². The maximum absolute atomic E-state index is 12.4. The topological polar surface area (TPSA) is 124 Å². The maximum Gasteiger partial charge on any atom is 0.340 e. The number of likely N-dealkylation sites (N-methyl/N-ethyl adjacent to an activating group) is 1. The number of piperazine rings is 1. The van der Waals surface area contributed by atoms with Crippen molar-refractivity contribution in [2.24, 2.45) is 0 Å². The van der Waals surface area contributed by atoms with Crippen molar-refractivity contribution in [2.75, 3.05) is 26.7 Å². The summed E-state index contributed by atoms with van der Waals surface area (Å²) >= 11 is 0. The van der Waals surface area contributed by atoms with E-state index in [-0.39, 0.29) is 31.2 Å². The summed E-state index contributed by atoms with van der Waals surface area (Å²) < 4.78 is 25.7. The number of aromatic nitrogens is 2. The Kier molecular flexibility index (Phi) is 3.52. The Hall–Kier alpha value is -1.94. The van der Waals surface area contributed by atoms with Gasteiger partial charge in [0.25, 0.3) is 10.0 Å². The Balaban J connectivity index is 2.41. The van der Waals surface area contributed by atoms with Crippen molar-refractivity contribution in [3.63, 3.8) is 0 Å². The van der Waals surface area contributed by atoms with Crippen LogP contribution in [-0.4, -0.2) is 71.5 Å². The molecule has 0 aromatic carbocycles. The third-order valence-electron chi connectivity index (χ3n) is 3.13. The van der Waals surface area contributed by atoms with E-state index < -0.39 is 26.6 Å². The highest BCUT2D eigenvalue weighted by atomic mass is 32.2. The van der Waals surface area contributed by atoms with Gasteiger partial charge in [0.2, 0.25) is 10.9 Å². The lowest BCUT2D eigenvalue weighted by atomic mass is 10.3. The number of aromatic amines is 1. The fraction of sp³-hybridized carbons (Fsp3) is 0.500. The molecule has 0 unspecified atom stereocenters. The fourth-order valence-electron chi connectivity index (χ4n) is 1.91. The Bertz CT molecular complexity index is 665. The molecule has 110 valence electrons. The predicted octanol–water partition coefficient (Wildman–Crippen LogP) is -1.12. The zero-order valence-corrected chi connectivity index (χ0v) is 11.8. The fourth-order valence-corrected chi connectivity index (χ4v) is 3.42. The quantitative estimate of drug-likeness (QED) is 0.729. The Morgan fingerprint density at radius 1 is 1.40 bits per heavy atom. The molecule has 10 heteroatoms. The number of H-pyrrole nitrogens is 1. The molecule has 0 spiro atoms. The van der Waals surface area contributed by atoms with Crippen LogP contribution in [0, 0.1) is 6.92 Å². The molecule has 1 aromatic heterocycles. The molecule has 1 fully saturated rings. The molecule has 1 aliphatic heterocycles. The number of aryl methyl sites for hydroxylation is 1. The van der Waals surface area contributed by atoms with E-state index in [1.165, 1.54) is 11.8 Å². The number of sulfonamides is 1. The number of nitrogens with zero attached hydrogens (tertiary/aromatic N) is 3. The standard InChI is InChI=1S/C10H14N4O5S/c1-6-8(10(16)17)9(12-11-6)20(18,19)14-4-3-13(2)7(15)5-14/h3-5H2,1-2H3,(H,11,12)(H,16,17). The molecule has 1 aromatic rings. The largest absolute Gasteiger partial charge is 0.478 e. The van der Waals surface area contributed by atoms with Crippen LogP contribution in [0.2, 0.25) is 0 Å². The summed E-state index contributed by atoms with van der Waals surface area (Å²) in [5.74, 6) is -1.72. The summed E-state index contributed by atoms with van der Waals surface area (Å²) in [4.78, 5) is 24.1. The Labute approximate surface area is 115 Å². The van der Waals surface area contributed by atoms with E-state index in [4.69, 9.17) is 5.11 Å². The first-order chi connectivity index (χ1) is 9.25. The van der Waals surface area contributed by atoms with Crippen LogP contribution in [0.25, 0.3) is 0 Å². The molecule has 2 rings (SSSR count). The zero-order chi connectivity index (χ0) is 15.1. The van der Waals surface area contributed by atoms with Gasteiger partial charge in [-0.15, -0.1) is 0 Å². The van der Waals surface area contributed by atoms with Gasteiger partial charge in [0.1, 0.15) is 5.56 Å². The van der Waals surface area contributed by atoms with Gasteiger partial charge in [-0.05, 0) is 6.92 Å². The molecule has 0 radical (unpaired) electrons. The maximum atomic E-state index is 12.4. The van der Waals surface area contributed by atoms with E-state index in [9.17, 15) is 18.0 Å². The van der Waals surface area contributed by atoms with Crippen molar-refractivity contribution in [3.05, 3.63) is 11.3 Å². The van der Waals surface area contributed by atoms with Crippen LogP contribution in [0.15, 0.2) is 5.03 Å². The zero-order valence-electron chi connectivity index (χ0n) is 11.0. The average Bonchev–Trinajstić information content (AvgIpc) is 2.75. The predicted molar refractivity (Wildman–Crippen MR) is 66.7 cm³/mol. The molecule has 1 saturated heterocycles. The summed E-state index contributed by atoms with van der Waals surface area (Å²) in [5, 5.41) is 14.4. The van der Waals surface area contributed by atoms with Crippen LogP contribution in [0.3, 0.4) is 0 Å². The summed E-state index contributed by atoms with van der Waals surface area (Å²) in [5.41, 5.74) is -0.243. The summed E-state index contributed by atoms with van der Waals surface area (Å²) in [7, 11) is -2.53. The molecule has 0 bridgehead atoms. The van der Waals surface area contributed by atoms with Crippen molar-refractivity contribution in [3.8, 4) is 0 Å². The minimum atomic E-state index is -4.11. The van der Waals surface area contributed by atoms with E-state index in [2.05, 4.69) is 10.2 Å². The molecule has 2 heterocycles. The minimum absolute atomic E-state index is 0.107. The third-order valence-corrected chi connectivity index (χ3v) is 4.91. The number of carbonyl (C=O) groups excluding carboxylic acids is 1. The minimum Gasteiger partial charge on any atom is -0.478 e. The number of carboxylic acid groups (broad SMARTS) is 1. The van der Waals surface area contributed by atoms with E-state index in [1.807, 2.05) is 0 Å². The second-order valence-corrected chi connectivity index (χ2v) is 6.34. The molecule has 0 saturated carbocycles. The second kappa shape index (κ2) is 4.87. The molecular weight excluding hydrogens is 288 g/mol. The summed E-state index contributed by atoms with van der Waals surface area (Å²) in [6, 6.07) is 0. The number of hydrogen-bond acceptors (Lipinski definition) is 5. The van der Waals surface area contributed by atoms with Gasteiger partial charge < -0.3 is 10.0 Å². The third kappa shape index (κ3) is 2.27. The highest BCUT2D eigenvalue weighted by molar-refractivity contribution is 7.89. The number of amides is 1. The number of hydrogen-bond donors (Lipinski definition) is 2. The molecule has 9 nitrogen and oxygen atoms in total. The van der Waals surface area contributed by atoms with Crippen molar-refractivity contribution < 1.29 is 23.1 Å². The van der Waals surface area contributed by atoms with Crippen LogP contribution in [0.5, 0.6) is 0 Å². The number of aromatic carboxylic acids is 1. The first kappa shape index (κ1) is 14.5. The van der Waals surface area contributed by atoms with Crippen LogP contribution in [0.1, 0.15) is 16.1 Å². The van der Waals surface area contributed by atoms with E-state index in [0.29, 0.717) is 0 Å². The highest BCUT2D eigenvalue weighted by Crippen LogP contribution is 2.21. The molecule has 0 atom stereocenters. The molecule has 0 aliphatic carbocycles. The molecular formula is C10H14N4O5S. The normalized spacial score (nSPS) is 17.5. The van der Waals surface area contributed by atoms with Gasteiger partial charge in [0.15, 0.2) is 0 Å². The van der Waals surface area contributed by atoms with Crippen molar-refractivity contribution in [2.45, 2.75) is 11.9 Å². The smallest absolute Gasteiger partial charge is 0.340 e. The van der Waals surface area contributed by atoms with Crippen LogP contribution in [-0.2, 0) is 14.8 Å². The van der Waals surface area contributed by atoms with E-state index >= 15 is 0 Å². The van der Waals surface area contributed by atoms with E-state index in [1.54, 1.807) is 7.05 Å². The summed E-state index contributed by atoms with van der Waals surface area (Å²) in [6.07, 6.45) is 0. The van der Waals surface area contributed by atoms with Crippen LogP contribution < -0.4 is 0 Å². The van der Waals surface area contributed by atoms with Crippen molar-refractivity contribution in [1.29, 1.82) is 0 Å². The number of rotatable bonds is 3. The molecule has 1 amide bonds. The number of nitrogens with one attached hydrogen (secondary N) is 1. The second-order valence-electron chi connectivity index (χ2n) is 4.49. The van der Waals surface area contributed by atoms with Gasteiger partial charge in [-0.2, -0.15) is 9.40 Å². The van der Waals surface area contributed by atoms with Gasteiger partial charge in [0.05, 0.1) is 6.54 Å². The first-order valence-corrected chi connectivity index (χ1v) is 7.21. The van der Waals surface area contributed by atoms with Crippen molar-refractivity contribution >= 4 is 21.9 Å². The lowest BCUT2D eigenvalue weighted by Gasteiger charge is -2.30. The van der Waals surface area contributed by atoms with Gasteiger partial charge >= 0.3 is 5.97 Å². The highest BCUT2D eigenvalue weighted by Gasteiger charge is 2.36. The van der Waals surface area contributed by atoms with E-state index in [0.717, 1.165) is 4.31 Å². The lowest BCUT2D eigenvalue weighted by molar-refractivity contribution is -0.132. The monoisotopic (exact) mass is 302 g/mol. The van der Waals surface area contributed by atoms with Gasteiger partial charge in [-0.3, -0.25) is 9.89 Å². The SMILES string of the molecule is Cc1[nH]nc(S(=O)(=O)N2CCN(C)C(=O)C2)c1C(=O)O.